The Bertz CT molecular complexity index is 740. The number of aromatic amines is 1. The number of nitrogens with one attached hydrogen (secondary N) is 1. The monoisotopic (exact) mass is 341 g/mol. The van der Waals surface area contributed by atoms with Crippen LogP contribution in [-0.2, 0) is 4.79 Å². The first-order valence-corrected chi connectivity index (χ1v) is 9.24. The van der Waals surface area contributed by atoms with E-state index < -0.39 is 0 Å². The highest BCUT2D eigenvalue weighted by atomic mass is 16.2. The van der Waals surface area contributed by atoms with Crippen LogP contribution in [0.25, 0.3) is 10.9 Å². The number of hydrogen-bond donors (Lipinski definition) is 1. The van der Waals surface area contributed by atoms with Crippen molar-refractivity contribution in [3.8, 4) is 0 Å². The Morgan fingerprint density at radius 2 is 1.76 bits per heavy atom. The summed E-state index contributed by atoms with van der Waals surface area (Å²) < 4.78 is 0. The molecule has 1 aromatic carbocycles. The summed E-state index contributed by atoms with van der Waals surface area (Å²) in [5.74, 6) is 0.546. The molecule has 1 saturated heterocycles. The van der Waals surface area contributed by atoms with Gasteiger partial charge in [-0.05, 0) is 18.9 Å². The molecule has 0 saturated carbocycles. The number of nitrogens with zero attached hydrogens (tertiary/aromatic N) is 2. The number of benzene rings is 1. The smallest absolute Gasteiger partial charge is 0.225 e. The fraction of sp³-hybridized carbons (Fsp3) is 0.500. The summed E-state index contributed by atoms with van der Waals surface area (Å²) in [6.07, 6.45) is 3.60. The van der Waals surface area contributed by atoms with E-state index in [2.05, 4.69) is 23.7 Å². The summed E-state index contributed by atoms with van der Waals surface area (Å²) in [6.45, 7) is 7.52. The predicted octanol–water partition coefficient (Wildman–Crippen LogP) is 2.93. The van der Waals surface area contributed by atoms with E-state index in [-0.39, 0.29) is 17.6 Å². The molecule has 2 aromatic rings. The number of hydrogen-bond acceptors (Lipinski definition) is 3. The van der Waals surface area contributed by atoms with Crippen LogP contribution < -0.4 is 0 Å². The molecule has 3 rings (SSSR count). The first kappa shape index (κ1) is 17.7. The lowest BCUT2D eigenvalue weighted by atomic mass is 10.0. The highest BCUT2D eigenvalue weighted by Gasteiger charge is 2.26. The number of piperazine rings is 1. The zero-order chi connectivity index (χ0) is 17.8. The third kappa shape index (κ3) is 3.76. The van der Waals surface area contributed by atoms with Crippen LogP contribution in [0, 0.1) is 5.92 Å². The largest absolute Gasteiger partial charge is 0.360 e. The lowest BCUT2D eigenvalue weighted by Crippen LogP contribution is -2.51. The van der Waals surface area contributed by atoms with Crippen LogP contribution in [0.4, 0.5) is 0 Å². The second-order valence-corrected chi connectivity index (χ2v) is 6.79. The highest BCUT2D eigenvalue weighted by molar-refractivity contribution is 6.08. The molecule has 5 nitrogen and oxygen atoms in total. The Hall–Kier alpha value is -2.14. The van der Waals surface area contributed by atoms with Gasteiger partial charge < -0.3 is 9.88 Å². The van der Waals surface area contributed by atoms with E-state index in [1.807, 2.05) is 29.2 Å². The molecule has 0 radical (unpaired) electrons. The standard InChI is InChI=1S/C20H27N3O2/c1-3-15(4-2)20(25)23-11-9-22(10-12-23)14-19(24)17-13-21-18-8-6-5-7-16(17)18/h5-8,13,15,21H,3-4,9-12,14H2,1-2H3. The molecule has 0 unspecified atom stereocenters. The van der Waals surface area contributed by atoms with E-state index in [4.69, 9.17) is 0 Å². The van der Waals surface area contributed by atoms with Gasteiger partial charge in [0.25, 0.3) is 0 Å². The number of para-hydroxylation sites is 1. The maximum Gasteiger partial charge on any atom is 0.225 e. The number of aromatic nitrogens is 1. The zero-order valence-electron chi connectivity index (χ0n) is 15.1. The number of fused-ring (bicyclic) bond motifs is 1. The number of rotatable bonds is 6. The van der Waals surface area contributed by atoms with Gasteiger partial charge in [0.1, 0.15) is 0 Å². The van der Waals surface area contributed by atoms with Gasteiger partial charge in [-0.1, -0.05) is 32.0 Å². The van der Waals surface area contributed by atoms with E-state index in [1.165, 1.54) is 0 Å². The van der Waals surface area contributed by atoms with Gasteiger partial charge in [-0.2, -0.15) is 0 Å². The van der Waals surface area contributed by atoms with Crippen molar-refractivity contribution in [1.29, 1.82) is 0 Å². The van der Waals surface area contributed by atoms with Crippen LogP contribution in [0.5, 0.6) is 0 Å². The molecule has 5 heteroatoms. The minimum absolute atomic E-state index is 0.136. The Kier molecular flexibility index (Phi) is 5.53. The summed E-state index contributed by atoms with van der Waals surface area (Å²) >= 11 is 0. The van der Waals surface area contributed by atoms with Crippen molar-refractivity contribution < 1.29 is 9.59 Å². The molecule has 134 valence electrons. The van der Waals surface area contributed by atoms with E-state index in [0.717, 1.165) is 55.5 Å². The van der Waals surface area contributed by atoms with Crippen molar-refractivity contribution in [2.75, 3.05) is 32.7 Å². The van der Waals surface area contributed by atoms with E-state index in [1.54, 1.807) is 6.20 Å². The molecule has 1 amide bonds. The van der Waals surface area contributed by atoms with E-state index >= 15 is 0 Å². The molecule has 1 aliphatic heterocycles. The Morgan fingerprint density at radius 1 is 1.08 bits per heavy atom. The van der Waals surface area contributed by atoms with Gasteiger partial charge in [0.05, 0.1) is 6.54 Å². The lowest BCUT2D eigenvalue weighted by Gasteiger charge is -2.35. The summed E-state index contributed by atoms with van der Waals surface area (Å²) in [5.41, 5.74) is 1.75. The zero-order valence-corrected chi connectivity index (χ0v) is 15.1. The van der Waals surface area contributed by atoms with Crippen LogP contribution in [0.1, 0.15) is 37.0 Å². The van der Waals surface area contributed by atoms with Gasteiger partial charge in [0.15, 0.2) is 5.78 Å². The fourth-order valence-corrected chi connectivity index (χ4v) is 3.61. The Balaban J connectivity index is 1.57. The second kappa shape index (κ2) is 7.83. The van der Waals surface area contributed by atoms with Crippen molar-refractivity contribution in [3.05, 3.63) is 36.0 Å². The summed E-state index contributed by atoms with van der Waals surface area (Å²) in [4.78, 5) is 32.4. The third-order valence-corrected chi connectivity index (χ3v) is 5.28. The molecule has 0 aliphatic carbocycles. The van der Waals surface area contributed by atoms with Gasteiger partial charge in [0, 0.05) is 54.8 Å². The van der Waals surface area contributed by atoms with Crippen molar-refractivity contribution in [2.45, 2.75) is 26.7 Å². The highest BCUT2D eigenvalue weighted by Crippen LogP contribution is 2.19. The molecule has 1 aliphatic rings. The number of carbonyl (C=O) groups excluding carboxylic acids is 2. The van der Waals surface area contributed by atoms with Crippen LogP contribution >= 0.6 is 0 Å². The maximum atomic E-state index is 12.7. The minimum Gasteiger partial charge on any atom is -0.360 e. The predicted molar refractivity (Wildman–Crippen MR) is 99.7 cm³/mol. The van der Waals surface area contributed by atoms with Crippen LogP contribution in [0.2, 0.25) is 0 Å². The fourth-order valence-electron chi connectivity index (χ4n) is 3.61. The molecule has 0 bridgehead atoms. The van der Waals surface area contributed by atoms with E-state index in [9.17, 15) is 9.59 Å². The molecule has 0 atom stereocenters. The van der Waals surface area contributed by atoms with Gasteiger partial charge in [0.2, 0.25) is 5.91 Å². The topological polar surface area (TPSA) is 56.4 Å². The molecule has 1 fully saturated rings. The van der Waals surface area contributed by atoms with Crippen LogP contribution in [-0.4, -0.2) is 59.2 Å². The van der Waals surface area contributed by atoms with Crippen molar-refractivity contribution in [3.63, 3.8) is 0 Å². The van der Waals surface area contributed by atoms with E-state index in [0.29, 0.717) is 6.54 Å². The molecule has 1 N–H and O–H groups in total. The second-order valence-electron chi connectivity index (χ2n) is 6.79. The van der Waals surface area contributed by atoms with Crippen LogP contribution in [0.15, 0.2) is 30.5 Å². The molecule has 0 spiro atoms. The average molecular weight is 341 g/mol. The summed E-state index contributed by atoms with van der Waals surface area (Å²) in [6, 6.07) is 7.87. The molecule has 25 heavy (non-hydrogen) atoms. The molecule has 2 heterocycles. The first-order valence-electron chi connectivity index (χ1n) is 9.24. The number of ketones is 1. The molecule has 1 aromatic heterocycles. The van der Waals surface area contributed by atoms with Gasteiger partial charge in [-0.15, -0.1) is 0 Å². The number of amides is 1. The summed E-state index contributed by atoms with van der Waals surface area (Å²) in [7, 11) is 0. The lowest BCUT2D eigenvalue weighted by molar-refractivity contribution is -0.137. The maximum absolute atomic E-state index is 12.7. The summed E-state index contributed by atoms with van der Waals surface area (Å²) in [5, 5.41) is 0.982. The van der Waals surface area contributed by atoms with Crippen molar-refractivity contribution in [1.82, 2.24) is 14.8 Å². The minimum atomic E-state index is 0.136. The van der Waals surface area contributed by atoms with Gasteiger partial charge in [-0.25, -0.2) is 0 Å². The molecular weight excluding hydrogens is 314 g/mol. The Morgan fingerprint density at radius 3 is 2.44 bits per heavy atom. The SMILES string of the molecule is CCC(CC)C(=O)N1CCN(CC(=O)c2c[nH]c3ccccc23)CC1. The molecular formula is C20H27N3O2. The van der Waals surface area contributed by atoms with Crippen molar-refractivity contribution >= 4 is 22.6 Å². The number of carbonyl (C=O) groups is 2. The first-order chi connectivity index (χ1) is 12.1. The normalized spacial score (nSPS) is 15.9. The quantitative estimate of drug-likeness (QED) is 0.822. The third-order valence-electron chi connectivity index (χ3n) is 5.28. The average Bonchev–Trinajstić information content (AvgIpc) is 3.07. The van der Waals surface area contributed by atoms with Crippen LogP contribution in [0.3, 0.4) is 0 Å². The van der Waals surface area contributed by atoms with Gasteiger partial charge in [-0.3, -0.25) is 14.5 Å². The number of H-pyrrole nitrogens is 1. The van der Waals surface area contributed by atoms with Gasteiger partial charge >= 0.3 is 0 Å². The number of Topliss-reactive ketones (excluding diaryl/α,β-unsaturated/α-hetero) is 1. The Labute approximate surface area is 149 Å². The van der Waals surface area contributed by atoms with Crippen molar-refractivity contribution in [2.24, 2.45) is 5.92 Å².